The number of piperidine rings is 1. The largest absolute Gasteiger partial charge is 0.466 e. The van der Waals surface area contributed by atoms with Crippen molar-refractivity contribution in [2.24, 2.45) is 5.92 Å². The summed E-state index contributed by atoms with van der Waals surface area (Å²) in [6.07, 6.45) is 3.64. The topological polar surface area (TPSA) is 72.9 Å². The van der Waals surface area contributed by atoms with Crippen LogP contribution in [0.1, 0.15) is 31.2 Å². The molecule has 0 atom stereocenters. The Hall–Kier alpha value is -2.08. The number of nitrogen functional groups attached to an aromatic ring is 1. The average Bonchev–Trinajstić information content (AvgIpc) is 2.84. The molecule has 3 heterocycles. The van der Waals surface area contributed by atoms with Gasteiger partial charge in [-0.15, -0.1) is 0 Å². The minimum absolute atomic E-state index is 0.0464. The molecule has 0 unspecified atom stereocenters. The van der Waals surface area contributed by atoms with Crippen molar-refractivity contribution in [3.63, 3.8) is 0 Å². The lowest BCUT2D eigenvalue weighted by Crippen LogP contribution is -2.36. The second kappa shape index (κ2) is 6.58. The zero-order valence-electron chi connectivity index (χ0n) is 13.8. The summed E-state index contributed by atoms with van der Waals surface area (Å²) in [4.78, 5) is 18.8. The van der Waals surface area contributed by atoms with E-state index in [1.165, 1.54) is 5.69 Å². The van der Waals surface area contributed by atoms with E-state index in [-0.39, 0.29) is 11.9 Å². The number of ether oxygens (including phenoxy) is 1. The maximum absolute atomic E-state index is 11.8. The molecule has 6 heteroatoms. The van der Waals surface area contributed by atoms with Gasteiger partial charge in [0.1, 0.15) is 5.65 Å². The molecule has 0 aliphatic carbocycles. The summed E-state index contributed by atoms with van der Waals surface area (Å²) in [5.74, 6) is -0.00367. The molecule has 2 aromatic heterocycles. The summed E-state index contributed by atoms with van der Waals surface area (Å²) >= 11 is 0. The number of nitrogens with zero attached hydrogens (tertiary/aromatic N) is 3. The van der Waals surface area contributed by atoms with Crippen LogP contribution in [-0.4, -0.2) is 40.0 Å². The number of pyridine rings is 1. The Kier molecular flexibility index (Phi) is 4.52. The lowest BCUT2D eigenvalue weighted by molar-refractivity contribution is -0.149. The summed E-state index contributed by atoms with van der Waals surface area (Å²) in [7, 11) is 0. The highest BCUT2D eigenvalue weighted by atomic mass is 16.5. The molecule has 0 radical (unpaired) electrons. The van der Waals surface area contributed by atoms with Crippen LogP contribution in [0.3, 0.4) is 0 Å². The van der Waals surface area contributed by atoms with Crippen LogP contribution in [0.15, 0.2) is 18.3 Å². The highest BCUT2D eigenvalue weighted by Crippen LogP contribution is 2.22. The van der Waals surface area contributed by atoms with Crippen molar-refractivity contribution >= 4 is 17.3 Å². The van der Waals surface area contributed by atoms with Crippen LogP contribution in [-0.2, 0) is 16.1 Å². The molecule has 6 nitrogen and oxygen atoms in total. The molecule has 1 fully saturated rings. The molecule has 0 aromatic carbocycles. The molecule has 23 heavy (non-hydrogen) atoms. The van der Waals surface area contributed by atoms with Gasteiger partial charge in [-0.3, -0.25) is 9.69 Å². The predicted molar refractivity (Wildman–Crippen MR) is 89.0 cm³/mol. The van der Waals surface area contributed by atoms with E-state index in [0.717, 1.165) is 49.5 Å². The quantitative estimate of drug-likeness (QED) is 0.873. The minimum atomic E-state index is -0.0501. The molecular weight excluding hydrogens is 292 g/mol. The van der Waals surface area contributed by atoms with E-state index in [1.807, 2.05) is 32.2 Å². The number of aryl methyl sites for hydroxylation is 1. The van der Waals surface area contributed by atoms with E-state index in [4.69, 9.17) is 10.5 Å². The number of hydrogen-bond acceptors (Lipinski definition) is 5. The fraction of sp³-hybridized carbons (Fsp3) is 0.529. The number of aromatic nitrogens is 2. The Morgan fingerprint density at radius 1 is 1.39 bits per heavy atom. The normalized spacial score (nSPS) is 16.8. The van der Waals surface area contributed by atoms with Crippen LogP contribution in [0, 0.1) is 12.8 Å². The fourth-order valence-corrected chi connectivity index (χ4v) is 3.22. The van der Waals surface area contributed by atoms with Gasteiger partial charge in [0.2, 0.25) is 0 Å². The maximum Gasteiger partial charge on any atom is 0.309 e. The molecular formula is C17H24N4O2. The molecule has 0 amide bonds. The van der Waals surface area contributed by atoms with Gasteiger partial charge >= 0.3 is 5.97 Å². The van der Waals surface area contributed by atoms with E-state index in [0.29, 0.717) is 6.61 Å². The van der Waals surface area contributed by atoms with Crippen LogP contribution in [0.4, 0.5) is 5.69 Å². The standard InChI is InChI=1S/C17H24N4O2/c1-3-23-17(22)13-6-8-20(9-7-13)11-15-12(2)19-16-5-4-14(18)10-21(15)16/h4-5,10,13H,3,6-9,11,18H2,1-2H3. The molecule has 0 saturated carbocycles. The van der Waals surface area contributed by atoms with Gasteiger partial charge in [0, 0.05) is 18.4 Å². The van der Waals surface area contributed by atoms with Crippen molar-refractivity contribution in [3.8, 4) is 0 Å². The van der Waals surface area contributed by atoms with Crippen molar-refractivity contribution in [1.29, 1.82) is 0 Å². The van der Waals surface area contributed by atoms with Crippen molar-refractivity contribution in [3.05, 3.63) is 29.7 Å². The van der Waals surface area contributed by atoms with Crippen molar-refractivity contribution in [1.82, 2.24) is 14.3 Å². The number of nitrogens with two attached hydrogens (primary N) is 1. The summed E-state index contributed by atoms with van der Waals surface area (Å²) in [6, 6.07) is 3.81. The second-order valence-corrected chi connectivity index (χ2v) is 6.14. The third-order valence-corrected chi connectivity index (χ3v) is 4.52. The average molecular weight is 316 g/mol. The molecule has 0 bridgehead atoms. The Morgan fingerprint density at radius 3 is 2.83 bits per heavy atom. The number of fused-ring (bicyclic) bond motifs is 1. The van der Waals surface area contributed by atoms with Gasteiger partial charge in [-0.2, -0.15) is 0 Å². The van der Waals surface area contributed by atoms with E-state index in [1.54, 1.807) is 0 Å². The molecule has 1 aliphatic heterocycles. The van der Waals surface area contributed by atoms with E-state index >= 15 is 0 Å². The maximum atomic E-state index is 11.8. The molecule has 2 aromatic rings. The highest BCUT2D eigenvalue weighted by molar-refractivity contribution is 5.72. The van der Waals surface area contributed by atoms with Crippen molar-refractivity contribution < 1.29 is 9.53 Å². The Morgan fingerprint density at radius 2 is 2.13 bits per heavy atom. The van der Waals surface area contributed by atoms with E-state index in [2.05, 4.69) is 14.3 Å². The van der Waals surface area contributed by atoms with Gasteiger partial charge in [0.15, 0.2) is 0 Å². The number of likely N-dealkylation sites (tertiary alicyclic amines) is 1. The number of carbonyl (C=O) groups excluding carboxylic acids is 1. The van der Waals surface area contributed by atoms with Crippen LogP contribution in [0.2, 0.25) is 0 Å². The lowest BCUT2D eigenvalue weighted by atomic mass is 9.97. The Bertz CT molecular complexity index is 702. The first kappa shape index (κ1) is 15.8. The monoisotopic (exact) mass is 316 g/mol. The van der Waals surface area contributed by atoms with E-state index < -0.39 is 0 Å². The smallest absolute Gasteiger partial charge is 0.309 e. The van der Waals surface area contributed by atoms with Crippen molar-refractivity contribution in [2.45, 2.75) is 33.2 Å². The van der Waals surface area contributed by atoms with Gasteiger partial charge in [0.05, 0.1) is 23.9 Å². The van der Waals surface area contributed by atoms with Gasteiger partial charge in [-0.05, 0) is 51.9 Å². The molecule has 1 aliphatic rings. The summed E-state index contributed by atoms with van der Waals surface area (Å²) in [5.41, 5.74) is 9.76. The van der Waals surface area contributed by atoms with Crippen LogP contribution < -0.4 is 5.73 Å². The zero-order valence-corrected chi connectivity index (χ0v) is 13.8. The number of imidazole rings is 1. The summed E-state index contributed by atoms with van der Waals surface area (Å²) in [5, 5.41) is 0. The van der Waals surface area contributed by atoms with Crippen molar-refractivity contribution in [2.75, 3.05) is 25.4 Å². The number of rotatable bonds is 4. The summed E-state index contributed by atoms with van der Waals surface area (Å²) < 4.78 is 7.20. The van der Waals surface area contributed by atoms with Crippen LogP contribution in [0.5, 0.6) is 0 Å². The molecule has 2 N–H and O–H groups in total. The first-order valence-electron chi connectivity index (χ1n) is 8.20. The third-order valence-electron chi connectivity index (χ3n) is 4.52. The molecule has 124 valence electrons. The molecule has 3 rings (SSSR count). The highest BCUT2D eigenvalue weighted by Gasteiger charge is 2.26. The van der Waals surface area contributed by atoms with Crippen LogP contribution >= 0.6 is 0 Å². The number of carbonyl (C=O) groups is 1. The number of anilines is 1. The Balaban J connectivity index is 1.68. The summed E-state index contributed by atoms with van der Waals surface area (Å²) in [6.45, 7) is 6.97. The SMILES string of the molecule is CCOC(=O)C1CCN(Cc2c(C)nc3ccc(N)cn23)CC1. The van der Waals surface area contributed by atoms with Gasteiger partial charge in [-0.25, -0.2) is 4.98 Å². The second-order valence-electron chi connectivity index (χ2n) is 6.14. The lowest BCUT2D eigenvalue weighted by Gasteiger charge is -2.30. The number of esters is 1. The first-order chi connectivity index (χ1) is 11.1. The van der Waals surface area contributed by atoms with Gasteiger partial charge in [0.25, 0.3) is 0 Å². The predicted octanol–water partition coefficient (Wildman–Crippen LogP) is 2.00. The molecule has 1 saturated heterocycles. The van der Waals surface area contributed by atoms with E-state index in [9.17, 15) is 4.79 Å². The third kappa shape index (κ3) is 3.32. The van der Waals surface area contributed by atoms with Gasteiger partial charge in [-0.1, -0.05) is 0 Å². The van der Waals surface area contributed by atoms with Crippen LogP contribution in [0.25, 0.3) is 5.65 Å². The minimum Gasteiger partial charge on any atom is -0.466 e. The zero-order chi connectivity index (χ0) is 16.4. The first-order valence-corrected chi connectivity index (χ1v) is 8.20. The Labute approximate surface area is 136 Å². The fourth-order valence-electron chi connectivity index (χ4n) is 3.22. The molecule has 0 spiro atoms. The van der Waals surface area contributed by atoms with Gasteiger partial charge < -0.3 is 14.9 Å². The number of hydrogen-bond donors (Lipinski definition) is 1.